The van der Waals surface area contributed by atoms with Gasteiger partial charge in [0.2, 0.25) is 4.34 Å². The van der Waals surface area contributed by atoms with Crippen LogP contribution in [-0.4, -0.2) is 24.7 Å². The van der Waals surface area contributed by atoms with Crippen molar-refractivity contribution < 1.29 is 8.42 Å². The summed E-state index contributed by atoms with van der Waals surface area (Å²) >= 11 is 3.16. The van der Waals surface area contributed by atoms with Crippen molar-refractivity contribution in [3.63, 3.8) is 0 Å². The maximum atomic E-state index is 12.8. The first kappa shape index (κ1) is 20.0. The first-order valence-electron chi connectivity index (χ1n) is 10.1. The molecule has 1 aromatic heterocycles. The van der Waals surface area contributed by atoms with Gasteiger partial charge in [-0.1, -0.05) is 48.5 Å². The topological polar surface area (TPSA) is 59.1 Å². The number of hydrogen-bond acceptors (Lipinski definition) is 5. The molecule has 1 aliphatic carbocycles. The van der Waals surface area contributed by atoms with Crippen LogP contribution >= 0.6 is 23.1 Å². The lowest BCUT2D eigenvalue weighted by atomic mass is 9.96. The van der Waals surface area contributed by atoms with Gasteiger partial charge < -0.3 is 0 Å². The highest BCUT2D eigenvalue weighted by Gasteiger charge is 2.28. The average Bonchev–Trinajstić information content (AvgIpc) is 3.21. The number of rotatable bonds is 5. The van der Waals surface area contributed by atoms with Crippen molar-refractivity contribution in [2.75, 3.05) is 0 Å². The lowest BCUT2D eigenvalue weighted by Crippen LogP contribution is -2.38. The van der Waals surface area contributed by atoms with E-state index < -0.39 is 10.0 Å². The van der Waals surface area contributed by atoms with Gasteiger partial charge in [0.15, 0.2) is 0 Å². The minimum Gasteiger partial charge on any atom is -0.224 e. The molecular formula is C23H22N2O2S3. The summed E-state index contributed by atoms with van der Waals surface area (Å²) in [5.41, 5.74) is 0.734. The van der Waals surface area contributed by atoms with Crippen LogP contribution in [-0.2, 0) is 10.0 Å². The summed E-state index contributed by atoms with van der Waals surface area (Å²) in [6, 6.07) is 22.4. The van der Waals surface area contributed by atoms with Crippen molar-refractivity contribution >= 4 is 54.1 Å². The van der Waals surface area contributed by atoms with E-state index >= 15 is 0 Å². The molecule has 154 valence electrons. The summed E-state index contributed by atoms with van der Waals surface area (Å²) in [4.78, 5) is 5.63. The third-order valence-corrected chi connectivity index (χ3v) is 9.89. The molecule has 0 radical (unpaired) electrons. The Labute approximate surface area is 184 Å². The predicted molar refractivity (Wildman–Crippen MR) is 126 cm³/mol. The molecule has 4 aromatic rings. The Morgan fingerprint density at radius 3 is 2.47 bits per heavy atom. The molecule has 7 heteroatoms. The fraction of sp³-hybridized carbons (Fsp3) is 0.261. The van der Waals surface area contributed by atoms with E-state index in [0.717, 1.165) is 35.9 Å². The molecule has 1 fully saturated rings. The highest BCUT2D eigenvalue weighted by molar-refractivity contribution is 8.00. The van der Waals surface area contributed by atoms with E-state index in [1.54, 1.807) is 0 Å². The van der Waals surface area contributed by atoms with Gasteiger partial charge in [0.25, 0.3) is 10.0 Å². The first-order chi connectivity index (χ1) is 14.6. The molecule has 0 amide bonds. The number of fused-ring (bicyclic) bond motifs is 2. The Hall–Kier alpha value is -1.93. The largest absolute Gasteiger partial charge is 0.268 e. The zero-order valence-electron chi connectivity index (χ0n) is 16.3. The Bertz CT molecular complexity index is 1250. The van der Waals surface area contributed by atoms with Gasteiger partial charge in [-0.15, -0.1) is 23.1 Å². The van der Waals surface area contributed by atoms with Crippen LogP contribution in [0.1, 0.15) is 25.7 Å². The fourth-order valence-corrected chi connectivity index (χ4v) is 7.89. The molecule has 0 bridgehead atoms. The van der Waals surface area contributed by atoms with Crippen LogP contribution in [0.2, 0.25) is 0 Å². The van der Waals surface area contributed by atoms with Gasteiger partial charge in [0.1, 0.15) is 0 Å². The maximum Gasteiger partial charge on any atom is 0.268 e. The second kappa shape index (κ2) is 8.30. The number of thioether (sulfide) groups is 1. The van der Waals surface area contributed by atoms with Gasteiger partial charge in [-0.2, -0.15) is 0 Å². The highest BCUT2D eigenvalue weighted by Crippen LogP contribution is 2.37. The van der Waals surface area contributed by atoms with Gasteiger partial charge in [0, 0.05) is 16.2 Å². The van der Waals surface area contributed by atoms with Crippen LogP contribution in [0, 0.1) is 0 Å². The Morgan fingerprint density at radius 1 is 0.900 bits per heavy atom. The van der Waals surface area contributed by atoms with Crippen molar-refractivity contribution in [2.45, 2.75) is 46.2 Å². The fourth-order valence-electron chi connectivity index (χ4n) is 4.01. The molecule has 5 rings (SSSR count). The van der Waals surface area contributed by atoms with Gasteiger partial charge in [-0.25, -0.2) is 18.1 Å². The maximum absolute atomic E-state index is 12.8. The van der Waals surface area contributed by atoms with Crippen molar-refractivity contribution in [3.8, 4) is 0 Å². The second-order valence-electron chi connectivity index (χ2n) is 7.64. The van der Waals surface area contributed by atoms with Crippen LogP contribution in [0.4, 0.5) is 0 Å². The molecule has 0 atom stereocenters. The molecule has 0 unspecified atom stereocenters. The van der Waals surface area contributed by atoms with E-state index in [-0.39, 0.29) is 10.4 Å². The van der Waals surface area contributed by atoms with Crippen LogP contribution in [0.3, 0.4) is 0 Å². The predicted octanol–water partition coefficient (Wildman–Crippen LogP) is 5.83. The Morgan fingerprint density at radius 2 is 1.63 bits per heavy atom. The van der Waals surface area contributed by atoms with Crippen LogP contribution < -0.4 is 4.72 Å². The molecule has 1 aliphatic rings. The van der Waals surface area contributed by atoms with E-state index in [1.165, 1.54) is 27.0 Å². The highest BCUT2D eigenvalue weighted by atomic mass is 32.2. The van der Waals surface area contributed by atoms with E-state index in [9.17, 15) is 8.42 Å². The molecule has 4 nitrogen and oxygen atoms in total. The first-order valence-corrected chi connectivity index (χ1v) is 13.3. The van der Waals surface area contributed by atoms with Crippen molar-refractivity contribution in [2.24, 2.45) is 0 Å². The molecule has 0 saturated heterocycles. The van der Waals surface area contributed by atoms with Gasteiger partial charge in [0.05, 0.1) is 10.2 Å². The van der Waals surface area contributed by atoms with Crippen molar-refractivity contribution in [1.82, 2.24) is 9.71 Å². The minimum atomic E-state index is -3.58. The third-order valence-electron chi connectivity index (χ3n) is 5.54. The van der Waals surface area contributed by atoms with E-state index in [1.807, 2.05) is 36.0 Å². The monoisotopic (exact) mass is 454 g/mol. The van der Waals surface area contributed by atoms with Gasteiger partial charge in [-0.05, 0) is 54.7 Å². The third kappa shape index (κ3) is 4.12. The molecule has 3 aromatic carbocycles. The van der Waals surface area contributed by atoms with E-state index in [4.69, 9.17) is 0 Å². The Kier molecular flexibility index (Phi) is 5.54. The summed E-state index contributed by atoms with van der Waals surface area (Å²) in [6.45, 7) is 0. The molecule has 1 N–H and O–H groups in total. The number of hydrogen-bond donors (Lipinski definition) is 1. The summed E-state index contributed by atoms with van der Waals surface area (Å²) in [5.74, 6) is 0. The smallest absolute Gasteiger partial charge is 0.224 e. The molecule has 0 aliphatic heterocycles. The standard InChI is InChI=1S/C23H22N2O2S3/c26-30(27,23-24-20-9-3-4-10-22(20)29-23)25-17-12-14-18(15-13-17)28-21-11-5-7-16-6-1-2-8-19(16)21/h1-11,17-18,25H,12-15H2. The SMILES string of the molecule is O=S(=O)(NC1CCC(Sc2cccc3ccccc23)CC1)c1nc2ccccc2s1. The molecular weight excluding hydrogens is 432 g/mol. The summed E-state index contributed by atoms with van der Waals surface area (Å²) in [7, 11) is -3.58. The molecule has 1 saturated carbocycles. The molecule has 30 heavy (non-hydrogen) atoms. The van der Waals surface area contributed by atoms with Crippen molar-refractivity contribution in [1.29, 1.82) is 0 Å². The zero-order chi connectivity index (χ0) is 20.6. The minimum absolute atomic E-state index is 0.0219. The normalized spacial score (nSPS) is 20.0. The average molecular weight is 455 g/mol. The summed E-state index contributed by atoms with van der Waals surface area (Å²) in [6.07, 6.45) is 3.71. The number of benzene rings is 3. The number of nitrogens with one attached hydrogen (secondary N) is 1. The number of para-hydroxylation sites is 1. The number of thiazole rings is 1. The van der Waals surface area contributed by atoms with Crippen LogP contribution in [0.5, 0.6) is 0 Å². The number of sulfonamides is 1. The van der Waals surface area contributed by atoms with Gasteiger partial charge >= 0.3 is 0 Å². The quantitative estimate of drug-likeness (QED) is 0.412. The van der Waals surface area contributed by atoms with Crippen LogP contribution in [0.15, 0.2) is 76.0 Å². The van der Waals surface area contributed by atoms with E-state index in [2.05, 4.69) is 52.2 Å². The number of nitrogens with zero attached hydrogens (tertiary/aromatic N) is 1. The second-order valence-corrected chi connectivity index (χ2v) is 11.9. The summed E-state index contributed by atoms with van der Waals surface area (Å²) in [5, 5.41) is 3.07. The molecule has 0 spiro atoms. The number of aromatic nitrogens is 1. The van der Waals surface area contributed by atoms with Gasteiger partial charge in [-0.3, -0.25) is 0 Å². The lowest BCUT2D eigenvalue weighted by Gasteiger charge is -2.28. The van der Waals surface area contributed by atoms with Crippen molar-refractivity contribution in [3.05, 3.63) is 66.7 Å². The Balaban J connectivity index is 1.23. The lowest BCUT2D eigenvalue weighted by molar-refractivity contribution is 0.419. The molecule has 1 heterocycles. The van der Waals surface area contributed by atoms with E-state index in [0.29, 0.717) is 5.25 Å². The summed E-state index contributed by atoms with van der Waals surface area (Å²) < 4.78 is 29.6. The van der Waals surface area contributed by atoms with Crippen LogP contribution in [0.25, 0.3) is 21.0 Å². The zero-order valence-corrected chi connectivity index (χ0v) is 18.8.